The number of nitro benzene ring substituents is 1. The van der Waals surface area contributed by atoms with Gasteiger partial charge in [-0.05, 0) is 33.8 Å². The molecule has 3 rings (SSSR count). The number of nitrogens with zero attached hydrogens (tertiary/aromatic N) is 2. The van der Waals surface area contributed by atoms with Gasteiger partial charge in [0.05, 0.1) is 17.6 Å². The van der Waals surface area contributed by atoms with E-state index in [-0.39, 0.29) is 35.0 Å². The number of nitro groups is 1. The Bertz CT molecular complexity index is 841. The second kappa shape index (κ2) is 7.32. The highest BCUT2D eigenvalue weighted by Crippen LogP contribution is 2.48. The molecule has 1 saturated heterocycles. The predicted octanol–water partition coefficient (Wildman–Crippen LogP) is 3.59. The normalized spacial score (nSPS) is 27.0. The van der Waals surface area contributed by atoms with Crippen molar-refractivity contribution < 1.29 is 23.6 Å². The number of fused-ring (bicyclic) bond motifs is 1. The standard InChI is InChI=1S/C18H22FN3O5S/c1-10-13-8-28-15(20-16(23)27-17(2,3)4)21-18(13,9-26-10)12-7-11(22(24)25)5-6-14(12)19/h5-7,10,13H,8-9H2,1-4H3,(H,20,21,23)/t10-,13+,18-/m0/s1. The smallest absolute Gasteiger partial charge is 0.413 e. The zero-order chi connectivity index (χ0) is 20.7. The van der Waals surface area contributed by atoms with Crippen LogP contribution in [0.2, 0.25) is 0 Å². The Morgan fingerprint density at radius 2 is 2.21 bits per heavy atom. The zero-order valence-corrected chi connectivity index (χ0v) is 16.8. The van der Waals surface area contributed by atoms with E-state index in [9.17, 15) is 19.3 Å². The molecule has 0 radical (unpaired) electrons. The Balaban J connectivity index is 2.01. The fourth-order valence-electron chi connectivity index (χ4n) is 3.39. The Labute approximate surface area is 166 Å². The third-order valence-corrected chi connectivity index (χ3v) is 5.67. The van der Waals surface area contributed by atoms with Gasteiger partial charge in [-0.1, -0.05) is 11.8 Å². The van der Waals surface area contributed by atoms with E-state index in [1.165, 1.54) is 17.8 Å². The maximum atomic E-state index is 14.7. The van der Waals surface area contributed by atoms with Crippen molar-refractivity contribution >= 4 is 28.7 Å². The fraction of sp³-hybridized carbons (Fsp3) is 0.556. The van der Waals surface area contributed by atoms with E-state index in [2.05, 4.69) is 10.3 Å². The maximum Gasteiger partial charge on any atom is 0.413 e. The average Bonchev–Trinajstić information content (AvgIpc) is 2.90. The lowest BCUT2D eigenvalue weighted by Gasteiger charge is -2.36. The molecule has 1 aromatic rings. The van der Waals surface area contributed by atoms with Crippen LogP contribution in [0.4, 0.5) is 14.9 Å². The van der Waals surface area contributed by atoms with Gasteiger partial charge < -0.3 is 9.47 Å². The van der Waals surface area contributed by atoms with Crippen LogP contribution in [0.5, 0.6) is 0 Å². The molecule has 152 valence electrons. The number of alkyl carbamates (subject to hydrolysis) is 1. The molecule has 28 heavy (non-hydrogen) atoms. The Morgan fingerprint density at radius 1 is 1.50 bits per heavy atom. The van der Waals surface area contributed by atoms with Gasteiger partial charge in [0.15, 0.2) is 5.17 Å². The van der Waals surface area contributed by atoms with Crippen molar-refractivity contribution in [1.82, 2.24) is 5.32 Å². The molecule has 0 aromatic heterocycles. The molecular formula is C18H22FN3O5S. The number of aliphatic imine (C=N–C) groups is 1. The van der Waals surface area contributed by atoms with Crippen molar-refractivity contribution in [1.29, 1.82) is 0 Å². The molecule has 1 aromatic carbocycles. The lowest BCUT2D eigenvalue weighted by molar-refractivity contribution is -0.385. The highest BCUT2D eigenvalue weighted by molar-refractivity contribution is 8.13. The van der Waals surface area contributed by atoms with Gasteiger partial charge in [-0.2, -0.15) is 0 Å². The SMILES string of the molecule is C[C@@H]1OC[C@@]2(c3cc([N+](=O)[O-])ccc3F)N=C(NC(=O)OC(C)(C)C)SC[C@H]12. The summed E-state index contributed by atoms with van der Waals surface area (Å²) in [6.07, 6.45) is -0.878. The van der Waals surface area contributed by atoms with Crippen LogP contribution in [0.15, 0.2) is 23.2 Å². The number of hydrogen-bond donors (Lipinski definition) is 1. The maximum absolute atomic E-state index is 14.7. The molecule has 1 N–H and O–H groups in total. The molecule has 0 aliphatic carbocycles. The van der Waals surface area contributed by atoms with Crippen molar-refractivity contribution in [2.75, 3.05) is 12.4 Å². The minimum atomic E-state index is -1.15. The number of non-ortho nitro benzene ring substituents is 1. The minimum absolute atomic E-state index is 0.0664. The molecule has 0 saturated carbocycles. The van der Waals surface area contributed by atoms with E-state index >= 15 is 0 Å². The van der Waals surface area contributed by atoms with Gasteiger partial charge in [0.25, 0.3) is 5.69 Å². The molecule has 0 unspecified atom stereocenters. The molecular weight excluding hydrogens is 389 g/mol. The van der Waals surface area contributed by atoms with Gasteiger partial charge >= 0.3 is 6.09 Å². The lowest BCUT2D eigenvalue weighted by atomic mass is 9.79. The molecule has 2 aliphatic rings. The molecule has 0 spiro atoms. The monoisotopic (exact) mass is 411 g/mol. The largest absolute Gasteiger partial charge is 0.444 e. The van der Waals surface area contributed by atoms with E-state index < -0.39 is 28.0 Å². The van der Waals surface area contributed by atoms with Crippen molar-refractivity contribution in [3.63, 3.8) is 0 Å². The van der Waals surface area contributed by atoms with Crippen LogP contribution in [0.1, 0.15) is 33.3 Å². The molecule has 3 atom stereocenters. The first-order valence-electron chi connectivity index (χ1n) is 8.80. The summed E-state index contributed by atoms with van der Waals surface area (Å²) >= 11 is 1.31. The highest BCUT2D eigenvalue weighted by Gasteiger charge is 2.53. The van der Waals surface area contributed by atoms with Crippen LogP contribution in [0.25, 0.3) is 0 Å². The van der Waals surface area contributed by atoms with Crippen LogP contribution >= 0.6 is 11.8 Å². The van der Waals surface area contributed by atoms with Crippen molar-refractivity contribution in [3.8, 4) is 0 Å². The summed E-state index contributed by atoms with van der Waals surface area (Å²) < 4.78 is 25.7. The number of carbonyl (C=O) groups is 1. The number of amides is 1. The molecule has 2 heterocycles. The molecule has 8 nitrogen and oxygen atoms in total. The minimum Gasteiger partial charge on any atom is -0.444 e. The number of ether oxygens (including phenoxy) is 2. The summed E-state index contributed by atoms with van der Waals surface area (Å²) in [6, 6.07) is 3.39. The van der Waals surface area contributed by atoms with E-state index in [1.807, 2.05) is 6.92 Å². The van der Waals surface area contributed by atoms with Crippen molar-refractivity contribution in [3.05, 3.63) is 39.7 Å². The van der Waals surface area contributed by atoms with Gasteiger partial charge in [0.1, 0.15) is 17.0 Å². The molecule has 1 amide bonds. The summed E-state index contributed by atoms with van der Waals surface area (Å²) in [5.74, 6) is -0.281. The number of rotatable bonds is 2. The Morgan fingerprint density at radius 3 is 2.86 bits per heavy atom. The molecule has 2 aliphatic heterocycles. The molecule has 0 bridgehead atoms. The molecule has 1 fully saturated rings. The van der Waals surface area contributed by atoms with Crippen molar-refractivity contribution in [2.24, 2.45) is 10.9 Å². The number of nitrogens with one attached hydrogen (secondary N) is 1. The summed E-state index contributed by atoms with van der Waals surface area (Å²) in [5, 5.41) is 14.0. The van der Waals surface area contributed by atoms with Crippen LogP contribution in [-0.2, 0) is 15.0 Å². The number of halogens is 1. The first-order valence-corrected chi connectivity index (χ1v) is 9.79. The van der Waals surface area contributed by atoms with Gasteiger partial charge in [-0.3, -0.25) is 15.4 Å². The molecule has 10 heteroatoms. The number of amidine groups is 1. The van der Waals surface area contributed by atoms with Crippen LogP contribution in [0, 0.1) is 21.8 Å². The third kappa shape index (κ3) is 3.97. The second-order valence-electron chi connectivity index (χ2n) is 7.82. The summed E-state index contributed by atoms with van der Waals surface area (Å²) in [6.45, 7) is 7.15. The lowest BCUT2D eigenvalue weighted by Crippen LogP contribution is -2.44. The van der Waals surface area contributed by atoms with E-state index in [0.29, 0.717) is 5.75 Å². The third-order valence-electron chi connectivity index (χ3n) is 4.68. The number of carbonyl (C=O) groups excluding carboxylic acids is 1. The number of hydrogen-bond acceptors (Lipinski definition) is 7. The average molecular weight is 411 g/mol. The predicted molar refractivity (Wildman–Crippen MR) is 103 cm³/mol. The van der Waals surface area contributed by atoms with Gasteiger partial charge in [0.2, 0.25) is 0 Å². The topological polar surface area (TPSA) is 103 Å². The number of benzene rings is 1. The van der Waals surface area contributed by atoms with Crippen LogP contribution < -0.4 is 5.32 Å². The first kappa shape index (κ1) is 20.5. The van der Waals surface area contributed by atoms with Gasteiger partial charge in [-0.25, -0.2) is 14.2 Å². The zero-order valence-electron chi connectivity index (χ0n) is 16.0. The summed E-state index contributed by atoms with van der Waals surface area (Å²) in [4.78, 5) is 27.3. The van der Waals surface area contributed by atoms with E-state index in [0.717, 1.165) is 12.1 Å². The second-order valence-corrected chi connectivity index (χ2v) is 8.83. The summed E-state index contributed by atoms with van der Waals surface area (Å²) in [5.41, 5.74) is -1.95. The van der Waals surface area contributed by atoms with Gasteiger partial charge in [0, 0.05) is 29.4 Å². The Hall–Kier alpha value is -2.20. The summed E-state index contributed by atoms with van der Waals surface area (Å²) in [7, 11) is 0. The van der Waals surface area contributed by atoms with E-state index in [4.69, 9.17) is 9.47 Å². The first-order chi connectivity index (χ1) is 13.0. The fourth-order valence-corrected chi connectivity index (χ4v) is 4.66. The van der Waals surface area contributed by atoms with E-state index in [1.54, 1.807) is 20.8 Å². The van der Waals surface area contributed by atoms with Crippen LogP contribution in [0.3, 0.4) is 0 Å². The quantitative estimate of drug-likeness (QED) is 0.589. The van der Waals surface area contributed by atoms with Gasteiger partial charge in [-0.15, -0.1) is 0 Å². The van der Waals surface area contributed by atoms with Crippen LogP contribution in [-0.4, -0.2) is 40.2 Å². The highest BCUT2D eigenvalue weighted by atomic mass is 32.2. The van der Waals surface area contributed by atoms with Crippen molar-refractivity contribution in [2.45, 2.75) is 44.9 Å². The Kier molecular flexibility index (Phi) is 5.37. The number of thioether (sulfide) groups is 1.